The number of para-hydroxylation sites is 1. The number of hydrogen-bond acceptors (Lipinski definition) is 9. The maximum Gasteiger partial charge on any atom is 0.373 e. The molecule has 160 valence electrons. The molecule has 3 rings (SSSR count). The van der Waals surface area contributed by atoms with Gasteiger partial charge in [-0.15, -0.1) is 0 Å². The quantitative estimate of drug-likeness (QED) is 0.181. The molecule has 1 aromatic carbocycles. The van der Waals surface area contributed by atoms with Gasteiger partial charge in [0, 0.05) is 18.6 Å². The number of nitrogens with zero attached hydrogens (tertiary/aromatic N) is 2. The smallest absolute Gasteiger partial charge is 0.373 e. The summed E-state index contributed by atoms with van der Waals surface area (Å²) in [6, 6.07) is 5.84. The number of furan rings is 1. The minimum Gasteiger partial charge on any atom is -0.463 e. The number of rotatable bonds is 6. The normalized spacial score (nSPS) is 14.5. The number of carbonyl (C=O) groups excluding carboxylic acids is 4. The van der Waals surface area contributed by atoms with Crippen molar-refractivity contribution >= 4 is 35.6 Å². The van der Waals surface area contributed by atoms with E-state index in [0.29, 0.717) is 0 Å². The van der Waals surface area contributed by atoms with Gasteiger partial charge >= 0.3 is 23.7 Å². The fourth-order valence-electron chi connectivity index (χ4n) is 2.75. The second kappa shape index (κ2) is 8.49. The van der Waals surface area contributed by atoms with Crippen LogP contribution in [0.25, 0.3) is 6.08 Å². The van der Waals surface area contributed by atoms with Gasteiger partial charge in [0.05, 0.1) is 18.6 Å². The number of ether oxygens (including phenoxy) is 2. The van der Waals surface area contributed by atoms with Crippen LogP contribution in [-0.4, -0.2) is 40.8 Å². The number of benzene rings is 1. The number of imide groups is 1. The van der Waals surface area contributed by atoms with Gasteiger partial charge in [-0.05, 0) is 18.2 Å². The van der Waals surface area contributed by atoms with Crippen molar-refractivity contribution in [1.82, 2.24) is 10.2 Å². The summed E-state index contributed by atoms with van der Waals surface area (Å²) in [5.74, 6) is -2.56. The molecule has 31 heavy (non-hydrogen) atoms. The van der Waals surface area contributed by atoms with Gasteiger partial charge in [-0.3, -0.25) is 24.6 Å². The van der Waals surface area contributed by atoms with E-state index in [2.05, 4.69) is 10.1 Å². The number of urea groups is 1. The molecule has 0 saturated carbocycles. The Morgan fingerprint density at radius 2 is 2.00 bits per heavy atom. The number of nitrogens with one attached hydrogen (secondary N) is 1. The Labute approximate surface area is 174 Å². The fourth-order valence-corrected chi connectivity index (χ4v) is 2.75. The highest BCUT2D eigenvalue weighted by Gasteiger charge is 2.35. The Morgan fingerprint density at radius 1 is 1.26 bits per heavy atom. The molecular weight excluding hydrogens is 414 g/mol. The summed E-state index contributed by atoms with van der Waals surface area (Å²) in [6.45, 7) is 0.800. The predicted molar refractivity (Wildman–Crippen MR) is 102 cm³/mol. The van der Waals surface area contributed by atoms with Crippen LogP contribution < -0.4 is 10.1 Å². The summed E-state index contributed by atoms with van der Waals surface area (Å²) in [5.41, 5.74) is -0.636. The standard InChI is InChI=1S/C19H15N3O9/c1-10(23)30-16-11(4-3-5-14(16)22(27)28)8-13-17(24)21(19(26)20-13)9-12-6-7-15(31-12)18(25)29-2/h3-8H,9H2,1-2H3,(H,20,26). The molecule has 1 fully saturated rings. The van der Waals surface area contributed by atoms with Crippen molar-refractivity contribution in [1.29, 1.82) is 0 Å². The molecule has 2 aromatic rings. The molecule has 1 N–H and O–H groups in total. The van der Waals surface area contributed by atoms with E-state index in [1.807, 2.05) is 0 Å². The van der Waals surface area contributed by atoms with E-state index in [1.165, 1.54) is 31.4 Å². The van der Waals surface area contributed by atoms with Gasteiger partial charge in [0.1, 0.15) is 11.5 Å². The van der Waals surface area contributed by atoms with Crippen molar-refractivity contribution in [2.24, 2.45) is 0 Å². The van der Waals surface area contributed by atoms with E-state index < -0.39 is 34.5 Å². The number of nitro groups is 1. The summed E-state index contributed by atoms with van der Waals surface area (Å²) in [7, 11) is 1.18. The molecule has 12 heteroatoms. The molecule has 0 aliphatic carbocycles. The van der Waals surface area contributed by atoms with Crippen LogP contribution in [0.15, 0.2) is 40.4 Å². The topological polar surface area (TPSA) is 158 Å². The van der Waals surface area contributed by atoms with Crippen molar-refractivity contribution in [3.8, 4) is 5.75 Å². The first-order valence-corrected chi connectivity index (χ1v) is 8.68. The van der Waals surface area contributed by atoms with Gasteiger partial charge in [0.25, 0.3) is 5.91 Å². The lowest BCUT2D eigenvalue weighted by Crippen LogP contribution is -2.30. The lowest BCUT2D eigenvalue weighted by Gasteiger charge is -2.09. The highest BCUT2D eigenvalue weighted by Crippen LogP contribution is 2.33. The van der Waals surface area contributed by atoms with E-state index in [-0.39, 0.29) is 35.1 Å². The predicted octanol–water partition coefficient (Wildman–Crippen LogP) is 1.99. The van der Waals surface area contributed by atoms with Crippen LogP contribution in [0, 0.1) is 10.1 Å². The zero-order valence-electron chi connectivity index (χ0n) is 16.2. The van der Waals surface area contributed by atoms with Gasteiger partial charge in [0.15, 0.2) is 0 Å². The molecule has 1 aliphatic heterocycles. The lowest BCUT2D eigenvalue weighted by atomic mass is 10.1. The molecule has 2 heterocycles. The summed E-state index contributed by atoms with van der Waals surface area (Å²) < 4.78 is 14.7. The van der Waals surface area contributed by atoms with Crippen LogP contribution in [0.3, 0.4) is 0 Å². The van der Waals surface area contributed by atoms with E-state index in [1.54, 1.807) is 0 Å². The van der Waals surface area contributed by atoms with Gasteiger partial charge < -0.3 is 19.2 Å². The average Bonchev–Trinajstić information content (AvgIpc) is 3.28. The van der Waals surface area contributed by atoms with E-state index >= 15 is 0 Å². The third-order valence-electron chi connectivity index (χ3n) is 4.09. The molecule has 3 amide bonds. The van der Waals surface area contributed by atoms with Gasteiger partial charge in [-0.25, -0.2) is 9.59 Å². The van der Waals surface area contributed by atoms with Crippen molar-refractivity contribution in [2.75, 3.05) is 7.11 Å². The van der Waals surface area contributed by atoms with Crippen molar-refractivity contribution in [3.05, 3.63) is 63.2 Å². The second-order valence-electron chi connectivity index (χ2n) is 6.18. The summed E-state index contributed by atoms with van der Waals surface area (Å²) in [5, 5.41) is 13.6. The van der Waals surface area contributed by atoms with Gasteiger partial charge in [-0.1, -0.05) is 12.1 Å². The number of esters is 2. The Balaban J connectivity index is 1.89. The number of hydrogen-bond donors (Lipinski definition) is 1. The Bertz CT molecular complexity index is 1130. The summed E-state index contributed by atoms with van der Waals surface area (Å²) in [6.07, 6.45) is 1.16. The molecule has 1 saturated heterocycles. The fraction of sp³-hybridized carbons (Fsp3) is 0.158. The highest BCUT2D eigenvalue weighted by molar-refractivity contribution is 6.14. The zero-order chi connectivity index (χ0) is 22.7. The van der Waals surface area contributed by atoms with Crippen LogP contribution in [0.5, 0.6) is 5.75 Å². The molecule has 0 atom stereocenters. The number of amides is 3. The monoisotopic (exact) mass is 429 g/mol. The molecule has 0 bridgehead atoms. The van der Waals surface area contributed by atoms with E-state index in [9.17, 15) is 29.3 Å². The first-order chi connectivity index (χ1) is 14.7. The molecule has 1 aromatic heterocycles. The van der Waals surface area contributed by atoms with Crippen molar-refractivity contribution in [2.45, 2.75) is 13.5 Å². The average molecular weight is 429 g/mol. The largest absolute Gasteiger partial charge is 0.463 e. The zero-order valence-corrected chi connectivity index (χ0v) is 16.2. The minimum absolute atomic E-state index is 0.0425. The number of nitro benzene ring substituents is 1. The minimum atomic E-state index is -0.795. The number of methoxy groups -OCH3 is 1. The molecule has 0 unspecified atom stereocenters. The first kappa shape index (κ1) is 21.2. The molecule has 0 radical (unpaired) electrons. The molecule has 0 spiro atoms. The van der Waals surface area contributed by atoms with Gasteiger partial charge in [0.2, 0.25) is 11.5 Å². The van der Waals surface area contributed by atoms with E-state index in [0.717, 1.165) is 24.0 Å². The third kappa shape index (κ3) is 4.42. The lowest BCUT2D eigenvalue weighted by molar-refractivity contribution is -0.385. The Kier molecular flexibility index (Phi) is 5.81. The summed E-state index contributed by atoms with van der Waals surface area (Å²) >= 11 is 0. The van der Waals surface area contributed by atoms with Crippen LogP contribution in [0.1, 0.15) is 28.8 Å². The molecule has 1 aliphatic rings. The maximum absolute atomic E-state index is 12.7. The number of carbonyl (C=O) groups is 4. The Hall–Kier alpha value is -4.48. The van der Waals surface area contributed by atoms with Crippen LogP contribution in [-0.2, 0) is 20.9 Å². The summed E-state index contributed by atoms with van der Waals surface area (Å²) in [4.78, 5) is 59.1. The second-order valence-corrected chi connectivity index (χ2v) is 6.18. The molecule has 12 nitrogen and oxygen atoms in total. The third-order valence-corrected chi connectivity index (χ3v) is 4.09. The van der Waals surface area contributed by atoms with Crippen molar-refractivity contribution < 1.29 is 38.0 Å². The highest BCUT2D eigenvalue weighted by atomic mass is 16.6. The Morgan fingerprint density at radius 3 is 2.65 bits per heavy atom. The molecular formula is C19H15N3O9. The first-order valence-electron chi connectivity index (χ1n) is 8.68. The maximum atomic E-state index is 12.7. The van der Waals surface area contributed by atoms with Crippen LogP contribution in [0.4, 0.5) is 10.5 Å². The van der Waals surface area contributed by atoms with Crippen molar-refractivity contribution in [3.63, 3.8) is 0 Å². The van der Waals surface area contributed by atoms with Gasteiger partial charge in [-0.2, -0.15) is 0 Å². The SMILES string of the molecule is COC(=O)c1ccc(CN2C(=O)NC(=Cc3cccc([N+](=O)[O-])c3OC(C)=O)C2=O)o1. The van der Waals surface area contributed by atoms with E-state index in [4.69, 9.17) is 9.15 Å². The van der Waals surface area contributed by atoms with Crippen LogP contribution in [0.2, 0.25) is 0 Å². The van der Waals surface area contributed by atoms with Crippen LogP contribution >= 0.6 is 0 Å².